The van der Waals surface area contributed by atoms with Gasteiger partial charge in [0.05, 0.1) is 29.8 Å². The number of β-amino-alcohol motifs (C(OH)–C–C–N with tert-alkyl or cyclic N) is 1. The van der Waals surface area contributed by atoms with Gasteiger partial charge < -0.3 is 24.5 Å². The first-order valence-corrected chi connectivity index (χ1v) is 15.7. The lowest BCUT2D eigenvalue weighted by atomic mass is 9.65. The van der Waals surface area contributed by atoms with E-state index in [2.05, 4.69) is 27.0 Å². The maximum atomic E-state index is 14.4. The number of hydrogen-bond donors (Lipinski definition) is 1. The minimum atomic E-state index is -0.743. The number of fused-ring (bicyclic) bond motifs is 1. The molecule has 4 unspecified atom stereocenters. The third-order valence-electron chi connectivity index (χ3n) is 8.99. The molecule has 224 valence electrons. The standard InChI is InChI=1S/C32H45N3O5S/c1-7-11-22(6)33(16-8-2)31(39)28-32-21(5)20-25(41-32)26(27(32)30(38)35(28)18-19-36)29(37)34(17-9-3)23-12-14-24(15-13-23)40-10-4/h8-9,12-15,21-22,25-28,36H,2-3,7,10-11,16-20H2,1,4-6H3/t21?,22?,25-,26+,27+,28?,32?/m1/s1. The quantitative estimate of drug-likeness (QED) is 0.331. The lowest BCUT2D eigenvalue weighted by Crippen LogP contribution is -2.59. The van der Waals surface area contributed by atoms with E-state index in [1.54, 1.807) is 33.7 Å². The van der Waals surface area contributed by atoms with Crippen molar-refractivity contribution in [3.05, 3.63) is 49.6 Å². The number of hydrogen-bond acceptors (Lipinski definition) is 6. The molecule has 0 saturated carbocycles. The number of aliphatic hydroxyl groups is 1. The molecule has 0 radical (unpaired) electrons. The van der Waals surface area contributed by atoms with Crippen molar-refractivity contribution in [3.8, 4) is 5.75 Å². The van der Waals surface area contributed by atoms with Crippen LogP contribution in [0.5, 0.6) is 5.75 Å². The molecule has 9 heteroatoms. The summed E-state index contributed by atoms with van der Waals surface area (Å²) in [6.07, 6.45) is 5.93. The molecular weight excluding hydrogens is 538 g/mol. The van der Waals surface area contributed by atoms with Crippen molar-refractivity contribution >= 4 is 35.2 Å². The highest BCUT2D eigenvalue weighted by Crippen LogP contribution is 2.69. The van der Waals surface area contributed by atoms with E-state index in [0.29, 0.717) is 25.4 Å². The normalized spacial score (nSPS) is 28.8. The van der Waals surface area contributed by atoms with Gasteiger partial charge in [-0.3, -0.25) is 14.4 Å². The number of ether oxygens (including phenoxy) is 1. The van der Waals surface area contributed by atoms with Gasteiger partial charge in [-0.2, -0.15) is 0 Å². The average molecular weight is 584 g/mol. The van der Waals surface area contributed by atoms with Gasteiger partial charge in [-0.05, 0) is 56.9 Å². The van der Waals surface area contributed by atoms with E-state index in [-0.39, 0.29) is 48.1 Å². The zero-order valence-corrected chi connectivity index (χ0v) is 25.6. The second-order valence-corrected chi connectivity index (χ2v) is 12.9. The Hall–Kier alpha value is -2.78. The fraction of sp³-hybridized carbons (Fsp3) is 0.594. The number of amides is 3. The van der Waals surface area contributed by atoms with Crippen LogP contribution in [0.15, 0.2) is 49.6 Å². The molecule has 3 aliphatic rings. The van der Waals surface area contributed by atoms with Crippen molar-refractivity contribution < 1.29 is 24.2 Å². The molecule has 1 spiro atoms. The highest BCUT2D eigenvalue weighted by Gasteiger charge is 2.76. The number of anilines is 1. The Balaban J connectivity index is 1.74. The topological polar surface area (TPSA) is 90.4 Å². The number of aliphatic hydroxyl groups excluding tert-OH is 1. The summed E-state index contributed by atoms with van der Waals surface area (Å²) in [6, 6.07) is 6.62. The summed E-state index contributed by atoms with van der Waals surface area (Å²) in [6.45, 7) is 16.9. The molecule has 41 heavy (non-hydrogen) atoms. The molecule has 1 aromatic rings. The number of likely N-dealkylation sites (tertiary alicyclic amines) is 1. The van der Waals surface area contributed by atoms with Gasteiger partial charge in [0.15, 0.2) is 0 Å². The summed E-state index contributed by atoms with van der Waals surface area (Å²) < 4.78 is 4.84. The van der Waals surface area contributed by atoms with Gasteiger partial charge >= 0.3 is 0 Å². The summed E-state index contributed by atoms with van der Waals surface area (Å²) >= 11 is 1.65. The third kappa shape index (κ3) is 5.31. The molecule has 8 nitrogen and oxygen atoms in total. The van der Waals surface area contributed by atoms with Crippen molar-refractivity contribution in [1.29, 1.82) is 0 Å². The lowest BCUT2D eigenvalue weighted by Gasteiger charge is -2.42. The summed E-state index contributed by atoms with van der Waals surface area (Å²) in [5.41, 5.74) is 0.712. The van der Waals surface area contributed by atoms with Gasteiger partial charge in [-0.15, -0.1) is 24.9 Å². The van der Waals surface area contributed by atoms with Crippen LogP contribution in [0.1, 0.15) is 47.0 Å². The van der Waals surface area contributed by atoms with Gasteiger partial charge in [-0.1, -0.05) is 32.4 Å². The monoisotopic (exact) mass is 583 g/mol. The number of carbonyl (C=O) groups excluding carboxylic acids is 3. The smallest absolute Gasteiger partial charge is 0.247 e. The largest absolute Gasteiger partial charge is 0.494 e. The molecule has 3 aliphatic heterocycles. The molecule has 7 atom stereocenters. The first-order chi connectivity index (χ1) is 19.7. The van der Waals surface area contributed by atoms with E-state index in [4.69, 9.17) is 4.74 Å². The first kappa shape index (κ1) is 31.2. The Labute approximate surface area is 248 Å². The lowest BCUT2D eigenvalue weighted by molar-refractivity contribution is -0.144. The molecule has 4 rings (SSSR count). The number of benzene rings is 1. The zero-order valence-electron chi connectivity index (χ0n) is 24.8. The van der Waals surface area contributed by atoms with Gasteiger partial charge in [0.2, 0.25) is 17.7 Å². The van der Waals surface area contributed by atoms with Crippen molar-refractivity contribution in [2.45, 2.75) is 69.0 Å². The Morgan fingerprint density at radius 3 is 2.46 bits per heavy atom. The highest BCUT2D eigenvalue weighted by molar-refractivity contribution is 8.02. The van der Waals surface area contributed by atoms with Crippen LogP contribution in [-0.2, 0) is 14.4 Å². The SMILES string of the molecule is C=CCN(C(=O)[C@@H]1[C@H]2C(=O)N(CCO)C(C(=O)N(CC=C)C(C)CCC)C23S[C@@H]1CC3C)c1ccc(OCC)cc1. The average Bonchev–Trinajstić information content (AvgIpc) is 3.54. The summed E-state index contributed by atoms with van der Waals surface area (Å²) in [5.74, 6) is -0.885. The highest BCUT2D eigenvalue weighted by atomic mass is 32.2. The number of nitrogens with zero attached hydrogens (tertiary/aromatic N) is 3. The molecule has 3 amide bonds. The third-order valence-corrected chi connectivity index (χ3v) is 11.1. The van der Waals surface area contributed by atoms with E-state index in [1.807, 2.05) is 43.0 Å². The summed E-state index contributed by atoms with van der Waals surface area (Å²) in [5, 5.41) is 9.90. The van der Waals surface area contributed by atoms with Crippen LogP contribution >= 0.6 is 11.8 Å². The predicted molar refractivity (Wildman–Crippen MR) is 164 cm³/mol. The Morgan fingerprint density at radius 2 is 1.88 bits per heavy atom. The van der Waals surface area contributed by atoms with Crippen LogP contribution in [0.25, 0.3) is 0 Å². The summed E-state index contributed by atoms with van der Waals surface area (Å²) in [7, 11) is 0. The number of rotatable bonds is 14. The van der Waals surface area contributed by atoms with E-state index < -0.39 is 22.6 Å². The molecule has 3 fully saturated rings. The number of thioether (sulfide) groups is 1. The van der Waals surface area contributed by atoms with Crippen molar-refractivity contribution in [3.63, 3.8) is 0 Å². The predicted octanol–water partition coefficient (Wildman–Crippen LogP) is 4.14. The number of carbonyl (C=O) groups is 3. The van der Waals surface area contributed by atoms with E-state index >= 15 is 0 Å². The fourth-order valence-corrected chi connectivity index (χ4v) is 9.72. The maximum absolute atomic E-state index is 14.4. The molecular formula is C32H45N3O5S. The zero-order chi connectivity index (χ0) is 29.9. The van der Waals surface area contributed by atoms with Crippen LogP contribution in [-0.4, -0.2) is 87.6 Å². The minimum Gasteiger partial charge on any atom is -0.494 e. The minimum absolute atomic E-state index is 0.0221. The Morgan fingerprint density at radius 1 is 1.20 bits per heavy atom. The Bertz CT molecular complexity index is 1140. The fourth-order valence-electron chi connectivity index (χ4n) is 7.31. The Kier molecular flexibility index (Phi) is 9.90. The van der Waals surface area contributed by atoms with Crippen LogP contribution in [0.4, 0.5) is 5.69 Å². The van der Waals surface area contributed by atoms with Gasteiger partial charge in [0.1, 0.15) is 11.8 Å². The van der Waals surface area contributed by atoms with Gasteiger partial charge in [0.25, 0.3) is 0 Å². The first-order valence-electron chi connectivity index (χ1n) is 14.9. The molecule has 3 heterocycles. The van der Waals surface area contributed by atoms with E-state index in [1.165, 1.54) is 0 Å². The second kappa shape index (κ2) is 13.0. The van der Waals surface area contributed by atoms with Crippen LogP contribution in [0, 0.1) is 17.8 Å². The molecule has 0 aromatic heterocycles. The molecule has 0 aliphatic carbocycles. The maximum Gasteiger partial charge on any atom is 0.247 e. The molecule has 1 N–H and O–H groups in total. The second-order valence-electron chi connectivity index (χ2n) is 11.4. The van der Waals surface area contributed by atoms with Crippen molar-refractivity contribution in [2.24, 2.45) is 17.8 Å². The molecule has 2 bridgehead atoms. The summed E-state index contributed by atoms with van der Waals surface area (Å²) in [4.78, 5) is 48.2. The van der Waals surface area contributed by atoms with E-state index in [9.17, 15) is 19.5 Å². The molecule has 1 aromatic carbocycles. The van der Waals surface area contributed by atoms with Crippen molar-refractivity contribution in [1.82, 2.24) is 9.80 Å². The van der Waals surface area contributed by atoms with Gasteiger partial charge in [0, 0.05) is 36.6 Å². The van der Waals surface area contributed by atoms with Crippen LogP contribution < -0.4 is 9.64 Å². The van der Waals surface area contributed by atoms with Crippen LogP contribution in [0.3, 0.4) is 0 Å². The van der Waals surface area contributed by atoms with Crippen LogP contribution in [0.2, 0.25) is 0 Å². The molecule has 3 saturated heterocycles. The van der Waals surface area contributed by atoms with Crippen molar-refractivity contribution in [2.75, 3.05) is 37.7 Å². The van der Waals surface area contributed by atoms with Gasteiger partial charge in [-0.25, -0.2) is 0 Å². The van der Waals surface area contributed by atoms with E-state index in [0.717, 1.165) is 25.0 Å².